The van der Waals surface area contributed by atoms with E-state index in [0.717, 1.165) is 10.5 Å². The summed E-state index contributed by atoms with van der Waals surface area (Å²) in [5.41, 5.74) is 0.929. The van der Waals surface area contributed by atoms with Crippen LogP contribution in [-0.2, 0) is 9.53 Å². The van der Waals surface area contributed by atoms with Crippen molar-refractivity contribution in [3.8, 4) is 0 Å². The number of ether oxygens (including phenoxy) is 1. The van der Waals surface area contributed by atoms with Crippen LogP contribution in [0.1, 0.15) is 40.1 Å². The van der Waals surface area contributed by atoms with Crippen molar-refractivity contribution < 1.29 is 19.1 Å². The number of hydrogen-bond donors (Lipinski definition) is 0. The molecule has 0 bridgehead atoms. The van der Waals surface area contributed by atoms with Crippen LogP contribution in [0.25, 0.3) is 5.57 Å². The lowest BCUT2D eigenvalue weighted by Gasteiger charge is -2.22. The van der Waals surface area contributed by atoms with Crippen LogP contribution in [0, 0.1) is 0 Å². The van der Waals surface area contributed by atoms with Crippen molar-refractivity contribution in [1.82, 2.24) is 4.90 Å². The Labute approximate surface area is 144 Å². The van der Waals surface area contributed by atoms with Crippen LogP contribution in [0.5, 0.6) is 0 Å². The molecule has 5 nitrogen and oxygen atoms in total. The summed E-state index contributed by atoms with van der Waals surface area (Å²) in [6, 6.07) is 15.7. The van der Waals surface area contributed by atoms with Gasteiger partial charge in [-0.2, -0.15) is 0 Å². The maximum atomic E-state index is 12.8. The smallest absolute Gasteiger partial charge is 0.356 e. The summed E-state index contributed by atoms with van der Waals surface area (Å²) in [4.78, 5) is 39.1. The van der Waals surface area contributed by atoms with Crippen molar-refractivity contribution in [2.24, 2.45) is 0 Å². The lowest BCUT2D eigenvalue weighted by molar-refractivity contribution is -0.144. The summed E-state index contributed by atoms with van der Waals surface area (Å²) >= 11 is 0. The molecule has 0 saturated heterocycles. The number of carbonyl (C=O) groups excluding carboxylic acids is 3. The van der Waals surface area contributed by atoms with Gasteiger partial charge in [0.05, 0.1) is 11.1 Å². The third-order valence-corrected chi connectivity index (χ3v) is 4.46. The normalized spacial score (nSPS) is 18.6. The molecular formula is C20H15NO4. The molecule has 0 saturated carbocycles. The molecule has 2 aliphatic heterocycles. The Kier molecular flexibility index (Phi) is 3.15. The number of hydrogen-bond acceptors (Lipinski definition) is 4. The van der Waals surface area contributed by atoms with Crippen LogP contribution in [0.2, 0.25) is 0 Å². The number of benzene rings is 2. The zero-order valence-electron chi connectivity index (χ0n) is 13.8. The predicted molar refractivity (Wildman–Crippen MR) is 90.5 cm³/mol. The van der Waals surface area contributed by atoms with Gasteiger partial charge >= 0.3 is 5.97 Å². The number of fused-ring (bicyclic) bond motifs is 1. The number of cyclic esters (lactones) is 1. The molecule has 0 aliphatic carbocycles. The molecule has 0 fully saturated rings. The van der Waals surface area contributed by atoms with E-state index < -0.39 is 23.4 Å². The molecule has 2 heterocycles. The maximum absolute atomic E-state index is 12.8. The molecule has 2 amide bonds. The zero-order chi connectivity index (χ0) is 17.8. The Bertz CT molecular complexity index is 922. The van der Waals surface area contributed by atoms with Crippen molar-refractivity contribution in [1.29, 1.82) is 0 Å². The summed E-state index contributed by atoms with van der Waals surface area (Å²) in [6.45, 7) is 3.50. The van der Waals surface area contributed by atoms with Gasteiger partial charge in [0.1, 0.15) is 11.3 Å². The number of rotatable bonds is 2. The zero-order valence-corrected chi connectivity index (χ0v) is 13.8. The first kappa shape index (κ1) is 15.3. The average molecular weight is 333 g/mol. The van der Waals surface area contributed by atoms with Crippen LogP contribution >= 0.6 is 0 Å². The minimum atomic E-state index is -0.941. The molecular weight excluding hydrogens is 318 g/mol. The Morgan fingerprint density at radius 2 is 1.32 bits per heavy atom. The van der Waals surface area contributed by atoms with Gasteiger partial charge in [-0.1, -0.05) is 42.5 Å². The van der Waals surface area contributed by atoms with E-state index in [1.54, 1.807) is 38.1 Å². The number of nitrogens with zero attached hydrogens (tertiary/aromatic N) is 1. The van der Waals surface area contributed by atoms with E-state index in [-0.39, 0.29) is 5.70 Å². The molecule has 0 N–H and O–H groups in total. The molecule has 25 heavy (non-hydrogen) atoms. The highest BCUT2D eigenvalue weighted by Crippen LogP contribution is 2.42. The summed E-state index contributed by atoms with van der Waals surface area (Å²) in [5.74, 6) is -1.67. The van der Waals surface area contributed by atoms with E-state index in [1.807, 2.05) is 30.3 Å². The monoisotopic (exact) mass is 333 g/mol. The molecule has 2 aromatic carbocycles. The van der Waals surface area contributed by atoms with Gasteiger partial charge in [-0.25, -0.2) is 9.69 Å². The maximum Gasteiger partial charge on any atom is 0.356 e. The Hall–Kier alpha value is -3.21. The van der Waals surface area contributed by atoms with Crippen LogP contribution in [0.3, 0.4) is 0 Å². The minimum absolute atomic E-state index is 0.00222. The van der Waals surface area contributed by atoms with Gasteiger partial charge in [-0.3, -0.25) is 9.59 Å². The molecule has 0 aromatic heterocycles. The van der Waals surface area contributed by atoms with Crippen molar-refractivity contribution in [3.05, 3.63) is 77.0 Å². The highest BCUT2D eigenvalue weighted by Gasteiger charge is 2.49. The van der Waals surface area contributed by atoms with Gasteiger partial charge in [0.15, 0.2) is 0 Å². The molecule has 5 heteroatoms. The van der Waals surface area contributed by atoms with Gasteiger partial charge in [0.25, 0.3) is 11.8 Å². The predicted octanol–water partition coefficient (Wildman–Crippen LogP) is 3.03. The third-order valence-electron chi connectivity index (χ3n) is 4.46. The average Bonchev–Trinajstić information content (AvgIpc) is 2.98. The molecule has 124 valence electrons. The number of imide groups is 1. The highest BCUT2D eigenvalue weighted by molar-refractivity contribution is 6.26. The van der Waals surface area contributed by atoms with Gasteiger partial charge in [-0.15, -0.1) is 0 Å². The summed E-state index contributed by atoms with van der Waals surface area (Å²) < 4.78 is 5.48. The van der Waals surface area contributed by atoms with Crippen LogP contribution < -0.4 is 0 Å². The lowest BCUT2D eigenvalue weighted by atomic mass is 9.91. The Morgan fingerprint density at radius 1 is 0.800 bits per heavy atom. The second-order valence-corrected chi connectivity index (χ2v) is 6.48. The molecule has 0 radical (unpaired) electrons. The van der Waals surface area contributed by atoms with Crippen LogP contribution in [-0.4, -0.2) is 28.3 Å². The first-order valence-electron chi connectivity index (χ1n) is 7.93. The molecule has 2 aromatic rings. The largest absolute Gasteiger partial charge is 0.450 e. The second kappa shape index (κ2) is 5.14. The Balaban J connectivity index is 1.95. The van der Waals surface area contributed by atoms with Gasteiger partial charge in [-0.05, 0) is 31.5 Å². The van der Waals surface area contributed by atoms with E-state index in [1.165, 1.54) is 0 Å². The summed E-state index contributed by atoms with van der Waals surface area (Å²) in [6.07, 6.45) is 0. The molecule has 0 spiro atoms. The third kappa shape index (κ3) is 2.12. The van der Waals surface area contributed by atoms with E-state index in [0.29, 0.717) is 16.7 Å². The lowest BCUT2D eigenvalue weighted by Crippen LogP contribution is -2.32. The topological polar surface area (TPSA) is 63.7 Å². The molecule has 0 atom stereocenters. The highest BCUT2D eigenvalue weighted by atomic mass is 16.6. The van der Waals surface area contributed by atoms with Gasteiger partial charge in [0.2, 0.25) is 0 Å². The number of carbonyl (C=O) groups is 3. The number of esters is 1. The fourth-order valence-corrected chi connectivity index (χ4v) is 3.40. The fourth-order valence-electron chi connectivity index (χ4n) is 3.40. The van der Waals surface area contributed by atoms with E-state index in [4.69, 9.17) is 4.74 Å². The van der Waals surface area contributed by atoms with E-state index >= 15 is 0 Å². The van der Waals surface area contributed by atoms with Crippen molar-refractivity contribution >= 4 is 23.4 Å². The van der Waals surface area contributed by atoms with Crippen molar-refractivity contribution in [3.63, 3.8) is 0 Å². The quantitative estimate of drug-likeness (QED) is 0.626. The summed E-state index contributed by atoms with van der Waals surface area (Å²) in [5, 5.41) is 0. The van der Waals surface area contributed by atoms with Crippen LogP contribution in [0.15, 0.2) is 60.3 Å². The van der Waals surface area contributed by atoms with Gasteiger partial charge < -0.3 is 4.74 Å². The minimum Gasteiger partial charge on any atom is -0.450 e. The van der Waals surface area contributed by atoms with E-state index in [2.05, 4.69) is 0 Å². The number of amides is 2. The standard InChI is InChI=1S/C20H15NO4/c1-20(2)15(12-8-4-3-5-9-12)16(19(24)25-20)21-17(22)13-10-6-7-11-14(13)18(21)23/h3-11H,1-2H3. The van der Waals surface area contributed by atoms with Crippen molar-refractivity contribution in [2.75, 3.05) is 0 Å². The van der Waals surface area contributed by atoms with E-state index in [9.17, 15) is 14.4 Å². The second-order valence-electron chi connectivity index (χ2n) is 6.48. The van der Waals surface area contributed by atoms with Gasteiger partial charge in [0, 0.05) is 5.57 Å². The Morgan fingerprint density at radius 3 is 1.88 bits per heavy atom. The SMILES string of the molecule is CC1(C)OC(=O)C(N2C(=O)c3ccccc3C2=O)=C1c1ccccc1. The molecule has 2 aliphatic rings. The first-order valence-corrected chi connectivity index (χ1v) is 7.93. The first-order chi connectivity index (χ1) is 11.9. The fraction of sp³-hybridized carbons (Fsp3) is 0.150. The molecule has 0 unspecified atom stereocenters. The molecule has 4 rings (SSSR count). The van der Waals surface area contributed by atoms with Crippen molar-refractivity contribution in [2.45, 2.75) is 19.4 Å². The van der Waals surface area contributed by atoms with Crippen LogP contribution in [0.4, 0.5) is 0 Å². The summed E-state index contributed by atoms with van der Waals surface area (Å²) in [7, 11) is 0.